The van der Waals surface area contributed by atoms with Crippen molar-refractivity contribution in [2.75, 3.05) is 37.6 Å². The van der Waals surface area contributed by atoms with E-state index < -0.39 is 0 Å². The third-order valence-electron chi connectivity index (χ3n) is 4.86. The molecule has 0 radical (unpaired) electrons. The number of aromatic nitrogens is 2. The maximum Gasteiger partial charge on any atom is 0.235 e. The van der Waals surface area contributed by atoms with Crippen LogP contribution >= 0.6 is 0 Å². The van der Waals surface area contributed by atoms with Crippen molar-refractivity contribution in [1.82, 2.24) is 14.9 Å². The standard InChI is InChI=1S/C21H20FN5O/c22-17-5-3-4-16(14-17)20-25-19(15-23)21(28-20)27-12-10-26(11-13-27)9-7-18-6-1-2-8-24-18/h1-6,8,14H,7,9-13H2. The Morgan fingerprint density at radius 3 is 2.68 bits per heavy atom. The molecule has 6 nitrogen and oxygen atoms in total. The first-order valence-electron chi connectivity index (χ1n) is 9.27. The van der Waals surface area contributed by atoms with Gasteiger partial charge in [0.2, 0.25) is 17.5 Å². The first-order valence-corrected chi connectivity index (χ1v) is 9.27. The van der Waals surface area contributed by atoms with E-state index in [2.05, 4.69) is 20.9 Å². The predicted octanol–water partition coefficient (Wildman–Crippen LogP) is 3.11. The molecule has 142 valence electrons. The van der Waals surface area contributed by atoms with Gasteiger partial charge in [-0.1, -0.05) is 12.1 Å². The van der Waals surface area contributed by atoms with E-state index in [1.807, 2.05) is 29.3 Å². The lowest BCUT2D eigenvalue weighted by molar-refractivity contribution is 0.256. The predicted molar refractivity (Wildman–Crippen MR) is 103 cm³/mol. The van der Waals surface area contributed by atoms with Crippen molar-refractivity contribution in [3.05, 3.63) is 65.9 Å². The number of rotatable bonds is 5. The molecular weight excluding hydrogens is 357 g/mol. The van der Waals surface area contributed by atoms with E-state index in [4.69, 9.17) is 4.42 Å². The number of hydrogen-bond acceptors (Lipinski definition) is 6. The Labute approximate surface area is 162 Å². The van der Waals surface area contributed by atoms with Gasteiger partial charge in [0.15, 0.2) is 0 Å². The first kappa shape index (κ1) is 18.1. The van der Waals surface area contributed by atoms with Crippen LogP contribution in [0.4, 0.5) is 10.3 Å². The number of piperazine rings is 1. The summed E-state index contributed by atoms with van der Waals surface area (Å²) in [5.41, 5.74) is 1.85. The number of nitrogens with zero attached hydrogens (tertiary/aromatic N) is 5. The summed E-state index contributed by atoms with van der Waals surface area (Å²) >= 11 is 0. The fraction of sp³-hybridized carbons (Fsp3) is 0.286. The van der Waals surface area contributed by atoms with Crippen molar-refractivity contribution in [3.8, 4) is 17.5 Å². The van der Waals surface area contributed by atoms with Crippen molar-refractivity contribution in [1.29, 1.82) is 5.26 Å². The molecule has 3 heterocycles. The summed E-state index contributed by atoms with van der Waals surface area (Å²) in [5.74, 6) is 0.368. The Kier molecular flexibility index (Phi) is 5.31. The molecule has 2 aromatic heterocycles. The molecule has 4 rings (SSSR count). The van der Waals surface area contributed by atoms with Crippen LogP contribution in [-0.2, 0) is 6.42 Å². The maximum atomic E-state index is 13.5. The van der Waals surface area contributed by atoms with E-state index in [-0.39, 0.29) is 17.4 Å². The topological polar surface area (TPSA) is 69.2 Å². The zero-order valence-corrected chi connectivity index (χ0v) is 15.4. The van der Waals surface area contributed by atoms with Crippen LogP contribution in [0.1, 0.15) is 11.4 Å². The van der Waals surface area contributed by atoms with Gasteiger partial charge < -0.3 is 9.32 Å². The van der Waals surface area contributed by atoms with Crippen molar-refractivity contribution in [3.63, 3.8) is 0 Å². The van der Waals surface area contributed by atoms with Crippen molar-refractivity contribution < 1.29 is 8.81 Å². The van der Waals surface area contributed by atoms with Crippen LogP contribution in [0.5, 0.6) is 0 Å². The fourth-order valence-electron chi connectivity index (χ4n) is 3.34. The van der Waals surface area contributed by atoms with E-state index in [9.17, 15) is 9.65 Å². The average molecular weight is 377 g/mol. The zero-order chi connectivity index (χ0) is 19.3. The minimum absolute atomic E-state index is 0.237. The minimum atomic E-state index is -0.364. The molecule has 0 saturated carbocycles. The third kappa shape index (κ3) is 4.02. The molecule has 0 atom stereocenters. The van der Waals surface area contributed by atoms with Crippen molar-refractivity contribution >= 4 is 5.88 Å². The highest BCUT2D eigenvalue weighted by molar-refractivity contribution is 5.59. The quantitative estimate of drug-likeness (QED) is 0.681. The molecule has 0 aliphatic carbocycles. The highest BCUT2D eigenvalue weighted by Crippen LogP contribution is 2.29. The highest BCUT2D eigenvalue weighted by atomic mass is 19.1. The second-order valence-electron chi connectivity index (χ2n) is 6.69. The normalized spacial score (nSPS) is 14.8. The van der Waals surface area contributed by atoms with E-state index in [0.29, 0.717) is 11.4 Å². The fourth-order valence-corrected chi connectivity index (χ4v) is 3.34. The van der Waals surface area contributed by atoms with Gasteiger partial charge >= 0.3 is 0 Å². The van der Waals surface area contributed by atoms with Crippen LogP contribution in [0.25, 0.3) is 11.5 Å². The Morgan fingerprint density at radius 1 is 1.11 bits per heavy atom. The highest BCUT2D eigenvalue weighted by Gasteiger charge is 2.24. The van der Waals surface area contributed by atoms with E-state index in [1.165, 1.54) is 12.1 Å². The molecule has 0 spiro atoms. The third-order valence-corrected chi connectivity index (χ3v) is 4.86. The van der Waals surface area contributed by atoms with E-state index >= 15 is 0 Å². The molecule has 3 aromatic rings. The number of pyridine rings is 1. The molecule has 1 aromatic carbocycles. The molecule has 7 heteroatoms. The summed E-state index contributed by atoms with van der Waals surface area (Å²) in [4.78, 5) is 13.0. The molecule has 0 amide bonds. The molecule has 1 saturated heterocycles. The van der Waals surface area contributed by atoms with Crippen molar-refractivity contribution in [2.45, 2.75) is 6.42 Å². The van der Waals surface area contributed by atoms with Crippen molar-refractivity contribution in [2.24, 2.45) is 0 Å². The van der Waals surface area contributed by atoms with Crippen LogP contribution < -0.4 is 4.90 Å². The number of nitriles is 1. The molecule has 0 N–H and O–H groups in total. The smallest absolute Gasteiger partial charge is 0.235 e. The van der Waals surface area contributed by atoms with Gasteiger partial charge in [-0.25, -0.2) is 4.39 Å². The van der Waals surface area contributed by atoms with Gasteiger partial charge in [-0.2, -0.15) is 10.2 Å². The monoisotopic (exact) mass is 377 g/mol. The summed E-state index contributed by atoms with van der Waals surface area (Å²) in [7, 11) is 0. The lowest BCUT2D eigenvalue weighted by atomic mass is 10.2. The van der Waals surface area contributed by atoms with Gasteiger partial charge in [-0.05, 0) is 30.3 Å². The second-order valence-corrected chi connectivity index (χ2v) is 6.69. The number of oxazole rings is 1. The van der Waals surface area contributed by atoms with Crippen LogP contribution in [0, 0.1) is 17.1 Å². The minimum Gasteiger partial charge on any atom is -0.419 e. The first-order chi connectivity index (χ1) is 13.7. The SMILES string of the molecule is N#Cc1nc(-c2cccc(F)c2)oc1N1CCN(CCc2ccccn2)CC1. The number of anilines is 1. The van der Waals surface area contributed by atoms with Crippen LogP contribution in [0.15, 0.2) is 53.1 Å². The summed E-state index contributed by atoms with van der Waals surface area (Å²) < 4.78 is 19.3. The molecule has 1 aliphatic rings. The van der Waals surface area contributed by atoms with Crippen LogP contribution in [0.3, 0.4) is 0 Å². The molecule has 1 fully saturated rings. The largest absolute Gasteiger partial charge is 0.419 e. The van der Waals surface area contributed by atoms with Gasteiger partial charge in [0.25, 0.3) is 0 Å². The average Bonchev–Trinajstić information content (AvgIpc) is 3.18. The Morgan fingerprint density at radius 2 is 1.96 bits per heavy atom. The van der Waals surface area contributed by atoms with Gasteiger partial charge in [-0.15, -0.1) is 0 Å². The number of hydrogen-bond donors (Lipinski definition) is 0. The molecule has 1 aliphatic heterocycles. The van der Waals surface area contributed by atoms with E-state index in [0.717, 1.165) is 44.8 Å². The lowest BCUT2D eigenvalue weighted by Gasteiger charge is -2.34. The molecule has 0 bridgehead atoms. The van der Waals surface area contributed by atoms with Gasteiger partial charge in [0.05, 0.1) is 0 Å². The van der Waals surface area contributed by atoms with Gasteiger partial charge in [0, 0.05) is 56.6 Å². The Bertz CT molecular complexity index is 974. The summed E-state index contributed by atoms with van der Waals surface area (Å²) in [5, 5.41) is 9.44. The number of halogens is 1. The number of benzene rings is 1. The zero-order valence-electron chi connectivity index (χ0n) is 15.4. The summed E-state index contributed by atoms with van der Waals surface area (Å²) in [6.07, 6.45) is 2.73. The second kappa shape index (κ2) is 8.19. The maximum absolute atomic E-state index is 13.5. The summed E-state index contributed by atoms with van der Waals surface area (Å²) in [6, 6.07) is 14.1. The van der Waals surface area contributed by atoms with E-state index in [1.54, 1.807) is 12.1 Å². The lowest BCUT2D eigenvalue weighted by Crippen LogP contribution is -2.47. The molecule has 0 unspecified atom stereocenters. The molecular formula is C21H20FN5O. The van der Waals surface area contributed by atoms with Crippen LogP contribution in [0.2, 0.25) is 0 Å². The van der Waals surface area contributed by atoms with Gasteiger partial charge in [-0.3, -0.25) is 9.88 Å². The Balaban J connectivity index is 1.41. The molecule has 28 heavy (non-hydrogen) atoms. The Hall–Kier alpha value is -3.24. The van der Waals surface area contributed by atoms with Crippen LogP contribution in [-0.4, -0.2) is 47.6 Å². The van der Waals surface area contributed by atoms with Gasteiger partial charge in [0.1, 0.15) is 11.9 Å². The summed E-state index contributed by atoms with van der Waals surface area (Å²) in [6.45, 7) is 4.17.